The van der Waals surface area contributed by atoms with Crippen molar-refractivity contribution in [3.8, 4) is 12.3 Å². The fourth-order valence-corrected chi connectivity index (χ4v) is 3.77. The summed E-state index contributed by atoms with van der Waals surface area (Å²) in [4.78, 5) is 35.3. The highest BCUT2D eigenvalue weighted by Crippen LogP contribution is 2.19. The van der Waals surface area contributed by atoms with E-state index in [2.05, 4.69) is 10.9 Å². The maximum absolute atomic E-state index is 13.0. The highest BCUT2D eigenvalue weighted by Gasteiger charge is 2.29. The average Bonchev–Trinajstić information content (AvgIpc) is 2.74. The molecule has 1 saturated heterocycles. The van der Waals surface area contributed by atoms with Gasteiger partial charge in [0.25, 0.3) is 0 Å². The summed E-state index contributed by atoms with van der Waals surface area (Å²) in [5.74, 6) is 2.61. The summed E-state index contributed by atoms with van der Waals surface area (Å²) in [5.41, 5.74) is 0.933. The molecule has 0 radical (unpaired) electrons. The molecule has 0 aliphatic carbocycles. The van der Waals surface area contributed by atoms with Crippen molar-refractivity contribution >= 4 is 22.6 Å². The van der Waals surface area contributed by atoms with Gasteiger partial charge >= 0.3 is 0 Å². The van der Waals surface area contributed by atoms with Crippen molar-refractivity contribution in [3.05, 3.63) is 54.4 Å². The normalized spacial score (nSPS) is 16.9. The van der Waals surface area contributed by atoms with E-state index < -0.39 is 0 Å². The Balaban J connectivity index is 1.57. The van der Waals surface area contributed by atoms with Crippen LogP contribution >= 0.6 is 0 Å². The SMILES string of the molecule is C#CCN(C)C/C=C/C(=O)N1CCN(C(=O)Cc2cncc3ccccc23)[C@H](C)C1. The molecule has 30 heavy (non-hydrogen) atoms. The van der Waals surface area contributed by atoms with Crippen LogP contribution in [0.25, 0.3) is 10.8 Å². The first-order valence-electron chi connectivity index (χ1n) is 10.2. The monoisotopic (exact) mass is 404 g/mol. The molecule has 156 valence electrons. The van der Waals surface area contributed by atoms with Crippen molar-refractivity contribution in [2.75, 3.05) is 39.8 Å². The number of fused-ring (bicyclic) bond motifs is 1. The third kappa shape index (κ3) is 5.25. The number of hydrogen-bond donors (Lipinski definition) is 0. The second-order valence-electron chi connectivity index (χ2n) is 7.72. The van der Waals surface area contributed by atoms with Gasteiger partial charge in [-0.3, -0.25) is 19.5 Å². The van der Waals surface area contributed by atoms with Gasteiger partial charge in [0.15, 0.2) is 0 Å². The lowest BCUT2D eigenvalue weighted by Gasteiger charge is -2.39. The van der Waals surface area contributed by atoms with E-state index in [0.717, 1.165) is 16.3 Å². The van der Waals surface area contributed by atoms with Gasteiger partial charge in [0, 0.05) is 56.1 Å². The Labute approximate surface area is 178 Å². The molecule has 0 spiro atoms. The minimum absolute atomic E-state index is 0.0266. The number of rotatable bonds is 6. The topological polar surface area (TPSA) is 56.8 Å². The molecule has 0 N–H and O–H groups in total. The number of terminal acetylenes is 1. The summed E-state index contributed by atoms with van der Waals surface area (Å²) in [7, 11) is 1.91. The lowest BCUT2D eigenvalue weighted by atomic mass is 10.0. The second kappa shape index (κ2) is 10.0. The Morgan fingerprint density at radius 2 is 2.10 bits per heavy atom. The lowest BCUT2D eigenvalue weighted by Crippen LogP contribution is -2.55. The minimum atomic E-state index is -0.0318. The molecule has 1 aromatic carbocycles. The number of amides is 2. The van der Waals surface area contributed by atoms with E-state index >= 15 is 0 Å². The second-order valence-corrected chi connectivity index (χ2v) is 7.72. The molecule has 0 unspecified atom stereocenters. The van der Waals surface area contributed by atoms with Gasteiger partial charge in [-0.1, -0.05) is 36.3 Å². The molecule has 6 heteroatoms. The fourth-order valence-electron chi connectivity index (χ4n) is 3.77. The molecule has 0 bridgehead atoms. The van der Waals surface area contributed by atoms with Crippen molar-refractivity contribution in [1.29, 1.82) is 0 Å². The first-order chi connectivity index (χ1) is 14.5. The van der Waals surface area contributed by atoms with E-state index in [1.807, 2.05) is 60.3 Å². The van der Waals surface area contributed by atoms with Crippen LogP contribution in [0.4, 0.5) is 0 Å². The summed E-state index contributed by atoms with van der Waals surface area (Å²) in [6.45, 7) is 4.76. The van der Waals surface area contributed by atoms with E-state index in [1.165, 1.54) is 0 Å². The van der Waals surface area contributed by atoms with Crippen LogP contribution in [0.5, 0.6) is 0 Å². The highest BCUT2D eigenvalue weighted by atomic mass is 16.2. The lowest BCUT2D eigenvalue weighted by molar-refractivity contribution is -0.139. The zero-order valence-electron chi connectivity index (χ0n) is 17.6. The zero-order chi connectivity index (χ0) is 21.5. The molecule has 0 saturated carbocycles. The number of likely N-dealkylation sites (N-methyl/N-ethyl adjacent to an activating group) is 1. The Hall–Kier alpha value is -3.17. The average molecular weight is 405 g/mol. The number of benzene rings is 1. The molecule has 3 rings (SSSR count). The molecule has 1 aliphatic rings. The van der Waals surface area contributed by atoms with Crippen LogP contribution in [0.15, 0.2) is 48.8 Å². The van der Waals surface area contributed by atoms with Crippen LogP contribution < -0.4 is 0 Å². The van der Waals surface area contributed by atoms with Crippen molar-refractivity contribution in [3.63, 3.8) is 0 Å². The number of carbonyl (C=O) groups is 2. The standard InChI is InChI=1S/C24H28N4O2/c1-4-11-26(3)12-7-10-23(29)27-13-14-28(19(2)18-27)24(30)15-21-17-25-16-20-8-5-6-9-22(20)21/h1,5-10,16-17,19H,11-15,18H2,2-3H3/b10-7+/t19-/m1/s1. The van der Waals surface area contributed by atoms with Gasteiger partial charge in [0.05, 0.1) is 13.0 Å². The van der Waals surface area contributed by atoms with Crippen molar-refractivity contribution in [1.82, 2.24) is 19.7 Å². The molecule has 6 nitrogen and oxygen atoms in total. The number of hydrogen-bond acceptors (Lipinski definition) is 4. The molecule has 2 amide bonds. The van der Waals surface area contributed by atoms with Gasteiger partial charge < -0.3 is 9.80 Å². The smallest absolute Gasteiger partial charge is 0.246 e. The first-order valence-corrected chi connectivity index (χ1v) is 10.2. The van der Waals surface area contributed by atoms with Crippen LogP contribution in [-0.4, -0.2) is 77.3 Å². The Kier molecular flexibility index (Phi) is 7.21. The quantitative estimate of drug-likeness (QED) is 0.546. The Morgan fingerprint density at radius 1 is 1.30 bits per heavy atom. The number of piperazine rings is 1. The summed E-state index contributed by atoms with van der Waals surface area (Å²) >= 11 is 0. The van der Waals surface area contributed by atoms with Crippen LogP contribution in [0.2, 0.25) is 0 Å². The predicted molar refractivity (Wildman–Crippen MR) is 119 cm³/mol. The Morgan fingerprint density at radius 3 is 2.87 bits per heavy atom. The van der Waals surface area contributed by atoms with E-state index in [-0.39, 0.29) is 17.9 Å². The van der Waals surface area contributed by atoms with Crippen molar-refractivity contribution < 1.29 is 9.59 Å². The van der Waals surface area contributed by atoms with Crippen LogP contribution in [0.1, 0.15) is 12.5 Å². The fraction of sp³-hybridized carbons (Fsp3) is 0.375. The third-order valence-corrected chi connectivity index (χ3v) is 5.39. The van der Waals surface area contributed by atoms with Crippen molar-refractivity contribution in [2.45, 2.75) is 19.4 Å². The first kappa shape index (κ1) is 21.5. The molecular weight excluding hydrogens is 376 g/mol. The zero-order valence-corrected chi connectivity index (χ0v) is 17.6. The predicted octanol–water partition coefficient (Wildman–Crippen LogP) is 1.96. The van der Waals surface area contributed by atoms with Gasteiger partial charge in [-0.05, 0) is 24.9 Å². The van der Waals surface area contributed by atoms with Crippen LogP contribution in [0, 0.1) is 12.3 Å². The summed E-state index contributed by atoms with van der Waals surface area (Å²) in [6, 6.07) is 7.93. The minimum Gasteiger partial charge on any atom is -0.336 e. The summed E-state index contributed by atoms with van der Waals surface area (Å²) in [6.07, 6.45) is 12.6. The molecule has 1 fully saturated rings. The van der Waals surface area contributed by atoms with Crippen LogP contribution in [-0.2, 0) is 16.0 Å². The molecule has 2 aromatic rings. The van der Waals surface area contributed by atoms with E-state index in [9.17, 15) is 9.59 Å². The summed E-state index contributed by atoms with van der Waals surface area (Å²) in [5, 5.41) is 2.09. The van der Waals surface area contributed by atoms with Gasteiger partial charge in [-0.25, -0.2) is 0 Å². The highest BCUT2D eigenvalue weighted by molar-refractivity contribution is 5.90. The number of aromatic nitrogens is 1. The molecule has 1 aliphatic heterocycles. The molecule has 1 aromatic heterocycles. The maximum atomic E-state index is 13.0. The largest absolute Gasteiger partial charge is 0.336 e. The van der Waals surface area contributed by atoms with E-state index in [4.69, 9.17) is 6.42 Å². The maximum Gasteiger partial charge on any atom is 0.246 e. The van der Waals surface area contributed by atoms with E-state index in [1.54, 1.807) is 17.2 Å². The van der Waals surface area contributed by atoms with Gasteiger partial charge in [-0.15, -0.1) is 6.42 Å². The number of carbonyl (C=O) groups excluding carboxylic acids is 2. The van der Waals surface area contributed by atoms with Gasteiger partial charge in [0.2, 0.25) is 11.8 Å². The molecule has 1 atom stereocenters. The van der Waals surface area contributed by atoms with Crippen molar-refractivity contribution in [2.24, 2.45) is 0 Å². The molecular formula is C24H28N4O2. The Bertz CT molecular complexity index is 973. The van der Waals surface area contributed by atoms with Gasteiger partial charge in [0.1, 0.15) is 0 Å². The summed E-state index contributed by atoms with van der Waals surface area (Å²) < 4.78 is 0. The van der Waals surface area contributed by atoms with Gasteiger partial charge in [-0.2, -0.15) is 0 Å². The number of nitrogens with zero attached hydrogens (tertiary/aromatic N) is 4. The van der Waals surface area contributed by atoms with Crippen LogP contribution in [0.3, 0.4) is 0 Å². The molecule has 2 heterocycles. The third-order valence-electron chi connectivity index (χ3n) is 5.39. The van der Waals surface area contributed by atoms with E-state index in [0.29, 0.717) is 39.1 Å². The number of pyridine rings is 1.